The quantitative estimate of drug-likeness (QED) is 0.401. The van der Waals surface area contributed by atoms with Crippen LogP contribution in [-0.4, -0.2) is 43.4 Å². The van der Waals surface area contributed by atoms with Crippen molar-refractivity contribution in [2.24, 2.45) is 0 Å². The van der Waals surface area contributed by atoms with Gasteiger partial charge in [-0.05, 0) is 53.6 Å². The molecule has 30 heavy (non-hydrogen) atoms. The van der Waals surface area contributed by atoms with Crippen molar-refractivity contribution in [1.82, 2.24) is 24.6 Å². The Balaban J connectivity index is 1.57. The first-order valence-electron chi connectivity index (χ1n) is 9.42. The second-order valence-corrected chi connectivity index (χ2v) is 8.61. The molecular formula is C22H21N5OS2. The average Bonchev–Trinajstić information content (AvgIpc) is 3.43. The van der Waals surface area contributed by atoms with Gasteiger partial charge in [0.2, 0.25) is 5.91 Å². The van der Waals surface area contributed by atoms with Crippen LogP contribution in [0.15, 0.2) is 70.8 Å². The number of carbonyl (C=O) groups excluding carboxylic acids is 1. The smallest absolute Gasteiger partial charge is 0.233 e. The first kappa shape index (κ1) is 20.3. The van der Waals surface area contributed by atoms with Crippen LogP contribution in [-0.2, 0) is 11.3 Å². The van der Waals surface area contributed by atoms with Crippen LogP contribution >= 0.6 is 23.1 Å². The van der Waals surface area contributed by atoms with Gasteiger partial charge in [-0.3, -0.25) is 14.3 Å². The molecule has 0 aliphatic carbocycles. The highest BCUT2D eigenvalue weighted by atomic mass is 32.2. The summed E-state index contributed by atoms with van der Waals surface area (Å²) in [6, 6.07) is 14.0. The third-order valence-electron chi connectivity index (χ3n) is 4.61. The minimum absolute atomic E-state index is 0.0510. The van der Waals surface area contributed by atoms with Crippen molar-refractivity contribution in [1.29, 1.82) is 0 Å². The molecule has 0 unspecified atom stereocenters. The molecule has 0 aliphatic rings. The zero-order valence-electron chi connectivity index (χ0n) is 16.7. The highest BCUT2D eigenvalue weighted by molar-refractivity contribution is 7.99. The summed E-state index contributed by atoms with van der Waals surface area (Å²) in [5.41, 5.74) is 4.20. The Kier molecular flexibility index (Phi) is 6.25. The molecule has 6 nitrogen and oxygen atoms in total. The molecule has 1 aromatic carbocycles. The van der Waals surface area contributed by atoms with E-state index in [0.717, 1.165) is 22.6 Å². The fourth-order valence-electron chi connectivity index (χ4n) is 2.96. The zero-order chi connectivity index (χ0) is 20.9. The zero-order valence-corrected chi connectivity index (χ0v) is 18.4. The van der Waals surface area contributed by atoms with Crippen LogP contribution < -0.4 is 0 Å². The molecule has 4 aromatic rings. The summed E-state index contributed by atoms with van der Waals surface area (Å²) >= 11 is 3.03. The average molecular weight is 436 g/mol. The number of rotatable bonds is 7. The molecule has 0 spiro atoms. The van der Waals surface area contributed by atoms with Crippen molar-refractivity contribution in [3.8, 4) is 17.1 Å². The Morgan fingerprint density at radius 3 is 2.57 bits per heavy atom. The molecule has 4 rings (SSSR count). The molecule has 0 fully saturated rings. The number of carbonyl (C=O) groups is 1. The second kappa shape index (κ2) is 9.23. The van der Waals surface area contributed by atoms with E-state index in [0.29, 0.717) is 17.5 Å². The van der Waals surface area contributed by atoms with Crippen molar-refractivity contribution in [2.75, 3.05) is 12.8 Å². The van der Waals surface area contributed by atoms with E-state index in [1.54, 1.807) is 28.6 Å². The number of aromatic nitrogens is 4. The number of benzene rings is 1. The third kappa shape index (κ3) is 4.60. The minimum Gasteiger partial charge on any atom is -0.341 e. The van der Waals surface area contributed by atoms with E-state index in [-0.39, 0.29) is 5.91 Å². The van der Waals surface area contributed by atoms with Crippen LogP contribution in [0, 0.1) is 6.92 Å². The number of aryl methyl sites for hydroxylation is 1. The van der Waals surface area contributed by atoms with Crippen LogP contribution in [0.1, 0.15) is 11.1 Å². The minimum atomic E-state index is 0.0510. The van der Waals surface area contributed by atoms with Gasteiger partial charge < -0.3 is 4.90 Å². The maximum absolute atomic E-state index is 12.7. The molecule has 8 heteroatoms. The molecule has 0 saturated heterocycles. The molecule has 0 atom stereocenters. The van der Waals surface area contributed by atoms with E-state index in [9.17, 15) is 4.79 Å². The Morgan fingerprint density at radius 1 is 1.10 bits per heavy atom. The van der Waals surface area contributed by atoms with E-state index in [1.165, 1.54) is 17.3 Å². The molecule has 0 N–H and O–H groups in total. The van der Waals surface area contributed by atoms with E-state index >= 15 is 0 Å². The van der Waals surface area contributed by atoms with Gasteiger partial charge in [0.1, 0.15) is 0 Å². The first-order chi connectivity index (χ1) is 14.6. The summed E-state index contributed by atoms with van der Waals surface area (Å²) in [5, 5.41) is 13.6. The number of pyridine rings is 1. The highest BCUT2D eigenvalue weighted by Crippen LogP contribution is 2.28. The number of thiophene rings is 1. The van der Waals surface area contributed by atoms with Crippen LogP contribution in [0.3, 0.4) is 0 Å². The van der Waals surface area contributed by atoms with Crippen molar-refractivity contribution >= 4 is 29.0 Å². The molecule has 0 radical (unpaired) electrons. The topological polar surface area (TPSA) is 63.9 Å². The van der Waals surface area contributed by atoms with Gasteiger partial charge in [0, 0.05) is 37.2 Å². The lowest BCUT2D eigenvalue weighted by atomic mass is 10.2. The van der Waals surface area contributed by atoms with E-state index in [1.807, 2.05) is 47.3 Å². The maximum Gasteiger partial charge on any atom is 0.233 e. The predicted molar refractivity (Wildman–Crippen MR) is 121 cm³/mol. The highest BCUT2D eigenvalue weighted by Gasteiger charge is 2.18. The Bertz CT molecular complexity index is 1110. The van der Waals surface area contributed by atoms with Gasteiger partial charge >= 0.3 is 0 Å². The van der Waals surface area contributed by atoms with E-state index < -0.39 is 0 Å². The molecule has 0 saturated carbocycles. The van der Waals surface area contributed by atoms with Crippen molar-refractivity contribution < 1.29 is 4.79 Å². The molecule has 0 bridgehead atoms. The van der Waals surface area contributed by atoms with Gasteiger partial charge in [0.05, 0.1) is 5.75 Å². The number of thioether (sulfide) groups is 1. The van der Waals surface area contributed by atoms with Gasteiger partial charge in [0.15, 0.2) is 11.0 Å². The predicted octanol–water partition coefficient (Wildman–Crippen LogP) is 4.45. The summed E-state index contributed by atoms with van der Waals surface area (Å²) in [6.45, 7) is 2.66. The number of nitrogens with zero attached hydrogens (tertiary/aromatic N) is 5. The fourth-order valence-corrected chi connectivity index (χ4v) is 4.51. The van der Waals surface area contributed by atoms with Crippen molar-refractivity contribution in [2.45, 2.75) is 18.6 Å². The Hall–Kier alpha value is -2.97. The van der Waals surface area contributed by atoms with Gasteiger partial charge in [-0.15, -0.1) is 10.2 Å². The number of hydrogen-bond acceptors (Lipinski definition) is 6. The lowest BCUT2D eigenvalue weighted by Crippen LogP contribution is -2.27. The Labute approximate surface area is 183 Å². The number of hydrogen-bond donors (Lipinski definition) is 0. The van der Waals surface area contributed by atoms with Crippen LogP contribution in [0.25, 0.3) is 17.1 Å². The molecule has 152 valence electrons. The molecule has 3 heterocycles. The summed E-state index contributed by atoms with van der Waals surface area (Å²) in [4.78, 5) is 18.5. The van der Waals surface area contributed by atoms with Gasteiger partial charge in [-0.1, -0.05) is 29.5 Å². The summed E-state index contributed by atoms with van der Waals surface area (Å²) in [6.07, 6.45) is 3.47. The van der Waals surface area contributed by atoms with Gasteiger partial charge in [-0.25, -0.2) is 0 Å². The number of amides is 1. The normalized spacial score (nSPS) is 10.9. The fraction of sp³-hybridized carbons (Fsp3) is 0.182. The van der Waals surface area contributed by atoms with E-state index in [4.69, 9.17) is 0 Å². The monoisotopic (exact) mass is 435 g/mol. The third-order valence-corrected chi connectivity index (χ3v) is 6.26. The molecule has 1 amide bonds. The summed E-state index contributed by atoms with van der Waals surface area (Å²) < 4.78 is 1.99. The standard InChI is InChI=1S/C22H21N5OS2/c1-16-3-5-19(6-4-16)27-21(18-7-10-23-11-8-18)24-25-22(27)30-15-20(28)26(2)13-17-9-12-29-14-17/h3-12,14H,13,15H2,1-2H3. The Morgan fingerprint density at radius 2 is 1.87 bits per heavy atom. The van der Waals surface area contributed by atoms with Crippen molar-refractivity contribution in [3.63, 3.8) is 0 Å². The van der Waals surface area contributed by atoms with Crippen LogP contribution in [0.4, 0.5) is 0 Å². The van der Waals surface area contributed by atoms with Crippen molar-refractivity contribution in [3.05, 3.63) is 76.7 Å². The SMILES string of the molecule is Cc1ccc(-n2c(SCC(=O)N(C)Cc3ccsc3)nnc2-c2ccncc2)cc1. The van der Waals surface area contributed by atoms with Gasteiger partial charge in [-0.2, -0.15) is 11.3 Å². The van der Waals surface area contributed by atoms with Gasteiger partial charge in [0.25, 0.3) is 0 Å². The maximum atomic E-state index is 12.7. The van der Waals surface area contributed by atoms with E-state index in [2.05, 4.69) is 39.6 Å². The first-order valence-corrected chi connectivity index (χ1v) is 11.4. The summed E-state index contributed by atoms with van der Waals surface area (Å²) in [7, 11) is 1.83. The molecular weight excluding hydrogens is 414 g/mol. The second-order valence-electron chi connectivity index (χ2n) is 6.88. The molecule has 0 aliphatic heterocycles. The van der Waals surface area contributed by atoms with Crippen LogP contribution in [0.2, 0.25) is 0 Å². The largest absolute Gasteiger partial charge is 0.341 e. The lowest BCUT2D eigenvalue weighted by Gasteiger charge is -2.16. The lowest BCUT2D eigenvalue weighted by molar-refractivity contribution is -0.127. The molecule has 3 aromatic heterocycles. The summed E-state index contributed by atoms with van der Waals surface area (Å²) in [5.74, 6) is 1.07. The van der Waals surface area contributed by atoms with Crippen LogP contribution in [0.5, 0.6) is 0 Å².